The SMILES string of the molecule is CCCCCC(CNCCC)Cc1ccccc1Br. The van der Waals surface area contributed by atoms with Gasteiger partial charge in [0.1, 0.15) is 0 Å². The van der Waals surface area contributed by atoms with Gasteiger partial charge < -0.3 is 5.32 Å². The number of unbranched alkanes of at least 4 members (excludes halogenated alkanes) is 2. The summed E-state index contributed by atoms with van der Waals surface area (Å²) in [6, 6.07) is 8.63. The second kappa shape index (κ2) is 10.4. The molecule has 1 aromatic carbocycles. The van der Waals surface area contributed by atoms with Crippen LogP contribution in [0.1, 0.15) is 51.5 Å². The van der Waals surface area contributed by atoms with Crippen molar-refractivity contribution >= 4 is 15.9 Å². The van der Waals surface area contributed by atoms with Gasteiger partial charge in [-0.3, -0.25) is 0 Å². The van der Waals surface area contributed by atoms with Crippen LogP contribution < -0.4 is 5.32 Å². The molecule has 19 heavy (non-hydrogen) atoms. The lowest BCUT2D eigenvalue weighted by Gasteiger charge is -2.18. The van der Waals surface area contributed by atoms with Crippen molar-refractivity contribution in [3.05, 3.63) is 34.3 Å². The molecular formula is C17H28BrN. The van der Waals surface area contributed by atoms with Crippen LogP contribution >= 0.6 is 15.9 Å². The van der Waals surface area contributed by atoms with Gasteiger partial charge in [0.15, 0.2) is 0 Å². The summed E-state index contributed by atoms with van der Waals surface area (Å²) in [5, 5.41) is 3.59. The summed E-state index contributed by atoms with van der Waals surface area (Å²) >= 11 is 3.67. The van der Waals surface area contributed by atoms with Gasteiger partial charge in [0.25, 0.3) is 0 Å². The van der Waals surface area contributed by atoms with Crippen molar-refractivity contribution in [2.45, 2.75) is 52.4 Å². The van der Waals surface area contributed by atoms with E-state index in [1.54, 1.807) is 0 Å². The number of hydrogen-bond donors (Lipinski definition) is 1. The minimum Gasteiger partial charge on any atom is -0.316 e. The Morgan fingerprint density at radius 1 is 1.11 bits per heavy atom. The molecule has 0 saturated heterocycles. The van der Waals surface area contributed by atoms with Gasteiger partial charge in [-0.25, -0.2) is 0 Å². The fourth-order valence-corrected chi connectivity index (χ4v) is 2.86. The molecule has 1 aromatic rings. The van der Waals surface area contributed by atoms with Crippen LogP contribution in [0.4, 0.5) is 0 Å². The third-order valence-corrected chi connectivity index (χ3v) is 4.32. The summed E-state index contributed by atoms with van der Waals surface area (Å²) in [6.07, 6.45) is 7.77. The Morgan fingerprint density at radius 3 is 2.58 bits per heavy atom. The van der Waals surface area contributed by atoms with Gasteiger partial charge in [-0.2, -0.15) is 0 Å². The molecule has 0 aliphatic carbocycles. The zero-order chi connectivity index (χ0) is 13.9. The smallest absolute Gasteiger partial charge is 0.0207 e. The molecule has 0 saturated carbocycles. The monoisotopic (exact) mass is 325 g/mol. The van der Waals surface area contributed by atoms with E-state index in [-0.39, 0.29) is 0 Å². The maximum Gasteiger partial charge on any atom is 0.0207 e. The van der Waals surface area contributed by atoms with E-state index in [9.17, 15) is 0 Å². The zero-order valence-corrected chi connectivity index (χ0v) is 14.0. The van der Waals surface area contributed by atoms with Crippen molar-refractivity contribution in [2.24, 2.45) is 5.92 Å². The van der Waals surface area contributed by atoms with E-state index in [0.29, 0.717) is 0 Å². The van der Waals surface area contributed by atoms with E-state index in [0.717, 1.165) is 19.0 Å². The van der Waals surface area contributed by atoms with Crippen molar-refractivity contribution < 1.29 is 0 Å². The summed E-state index contributed by atoms with van der Waals surface area (Å²) < 4.78 is 1.26. The zero-order valence-electron chi connectivity index (χ0n) is 12.4. The highest BCUT2D eigenvalue weighted by atomic mass is 79.9. The number of benzene rings is 1. The quantitative estimate of drug-likeness (QED) is 0.584. The molecular weight excluding hydrogens is 298 g/mol. The number of halogens is 1. The summed E-state index contributed by atoms with van der Waals surface area (Å²) in [6.45, 7) is 6.80. The third kappa shape index (κ3) is 7.12. The van der Waals surface area contributed by atoms with Crippen LogP contribution in [0, 0.1) is 5.92 Å². The molecule has 0 spiro atoms. The molecule has 1 atom stereocenters. The first kappa shape index (κ1) is 16.7. The van der Waals surface area contributed by atoms with Crippen LogP contribution in [0.25, 0.3) is 0 Å². The van der Waals surface area contributed by atoms with E-state index in [1.165, 1.54) is 48.6 Å². The van der Waals surface area contributed by atoms with Crippen molar-refractivity contribution in [2.75, 3.05) is 13.1 Å². The van der Waals surface area contributed by atoms with Crippen LogP contribution in [0.15, 0.2) is 28.7 Å². The summed E-state index contributed by atoms with van der Waals surface area (Å²) in [5.74, 6) is 0.761. The molecule has 0 radical (unpaired) electrons. The maximum absolute atomic E-state index is 3.67. The molecule has 108 valence electrons. The Kier molecular flexibility index (Phi) is 9.19. The lowest BCUT2D eigenvalue weighted by Crippen LogP contribution is -2.25. The van der Waals surface area contributed by atoms with Crippen molar-refractivity contribution in [1.82, 2.24) is 5.32 Å². The van der Waals surface area contributed by atoms with Crippen molar-refractivity contribution in [3.8, 4) is 0 Å². The molecule has 0 aliphatic heterocycles. The second-order valence-electron chi connectivity index (χ2n) is 5.36. The van der Waals surface area contributed by atoms with Crippen LogP contribution in [-0.2, 0) is 6.42 Å². The Hall–Kier alpha value is -0.340. The van der Waals surface area contributed by atoms with Gasteiger partial charge in [-0.15, -0.1) is 0 Å². The average molecular weight is 326 g/mol. The molecule has 1 nitrogen and oxygen atoms in total. The predicted molar refractivity (Wildman–Crippen MR) is 88.6 cm³/mol. The van der Waals surface area contributed by atoms with E-state index in [2.05, 4.69) is 59.4 Å². The molecule has 0 heterocycles. The molecule has 0 fully saturated rings. The number of rotatable bonds is 10. The molecule has 1 N–H and O–H groups in total. The maximum atomic E-state index is 3.67. The molecule has 0 amide bonds. The lowest BCUT2D eigenvalue weighted by molar-refractivity contribution is 0.424. The Bertz CT molecular complexity index is 328. The summed E-state index contributed by atoms with van der Waals surface area (Å²) in [7, 11) is 0. The topological polar surface area (TPSA) is 12.0 Å². The first-order valence-corrected chi connectivity index (χ1v) is 8.51. The van der Waals surface area contributed by atoms with Gasteiger partial charge in [0, 0.05) is 4.47 Å². The van der Waals surface area contributed by atoms with E-state index in [1.807, 2.05) is 0 Å². The first-order valence-electron chi connectivity index (χ1n) is 7.72. The Balaban J connectivity index is 2.49. The van der Waals surface area contributed by atoms with Crippen molar-refractivity contribution in [1.29, 1.82) is 0 Å². The first-order chi connectivity index (χ1) is 9.27. The fourth-order valence-electron chi connectivity index (χ4n) is 2.42. The number of hydrogen-bond acceptors (Lipinski definition) is 1. The minimum absolute atomic E-state index is 0.761. The standard InChI is InChI=1S/C17H28BrN/c1-3-5-6-9-15(14-19-12-4-2)13-16-10-7-8-11-17(16)18/h7-8,10-11,15,19H,3-6,9,12-14H2,1-2H3. The Labute approximate surface area is 127 Å². The second-order valence-corrected chi connectivity index (χ2v) is 6.22. The van der Waals surface area contributed by atoms with Gasteiger partial charge in [0.05, 0.1) is 0 Å². The van der Waals surface area contributed by atoms with E-state index in [4.69, 9.17) is 0 Å². The lowest BCUT2D eigenvalue weighted by atomic mass is 9.93. The predicted octanol–water partition coefficient (Wildman–Crippen LogP) is 5.19. The highest BCUT2D eigenvalue weighted by Gasteiger charge is 2.11. The largest absolute Gasteiger partial charge is 0.316 e. The summed E-state index contributed by atoms with van der Waals surface area (Å²) in [4.78, 5) is 0. The molecule has 0 aliphatic rings. The number of nitrogens with one attached hydrogen (secondary N) is 1. The van der Waals surface area contributed by atoms with Crippen LogP contribution in [0.5, 0.6) is 0 Å². The minimum atomic E-state index is 0.761. The van der Waals surface area contributed by atoms with Crippen molar-refractivity contribution in [3.63, 3.8) is 0 Å². The van der Waals surface area contributed by atoms with Gasteiger partial charge in [-0.05, 0) is 49.9 Å². The highest BCUT2D eigenvalue weighted by molar-refractivity contribution is 9.10. The van der Waals surface area contributed by atoms with Crippen LogP contribution in [-0.4, -0.2) is 13.1 Å². The van der Waals surface area contributed by atoms with E-state index >= 15 is 0 Å². The van der Waals surface area contributed by atoms with Crippen LogP contribution in [0.3, 0.4) is 0 Å². The highest BCUT2D eigenvalue weighted by Crippen LogP contribution is 2.22. The molecule has 0 aromatic heterocycles. The van der Waals surface area contributed by atoms with Crippen LogP contribution in [0.2, 0.25) is 0 Å². The van der Waals surface area contributed by atoms with Gasteiger partial charge >= 0.3 is 0 Å². The molecule has 1 rings (SSSR count). The molecule has 1 unspecified atom stereocenters. The van der Waals surface area contributed by atoms with E-state index < -0.39 is 0 Å². The van der Waals surface area contributed by atoms with Gasteiger partial charge in [-0.1, -0.05) is 67.2 Å². The fraction of sp³-hybridized carbons (Fsp3) is 0.647. The Morgan fingerprint density at radius 2 is 1.89 bits per heavy atom. The third-order valence-electron chi connectivity index (χ3n) is 3.54. The summed E-state index contributed by atoms with van der Waals surface area (Å²) in [5.41, 5.74) is 1.45. The normalized spacial score (nSPS) is 12.6. The molecule has 0 bridgehead atoms. The molecule has 2 heteroatoms. The van der Waals surface area contributed by atoms with Gasteiger partial charge in [0.2, 0.25) is 0 Å². The average Bonchev–Trinajstić information content (AvgIpc) is 2.41.